The Morgan fingerprint density at radius 1 is 0.846 bits per heavy atom. The molecular weight excluding hydrogens is 593 g/mol. The molecule has 1 aliphatic carbocycles. The lowest BCUT2D eigenvalue weighted by molar-refractivity contribution is -0.354. The second kappa shape index (κ2) is 6.96. The summed E-state index contributed by atoms with van der Waals surface area (Å²) in [5.41, 5.74) is -10.1. The van der Waals surface area contributed by atoms with Gasteiger partial charge in [0.2, 0.25) is 0 Å². The Morgan fingerprint density at radius 2 is 1.31 bits per heavy atom. The zero-order chi connectivity index (χ0) is 20.0. The molecule has 0 N–H and O–H groups in total. The van der Waals surface area contributed by atoms with Gasteiger partial charge in [0.05, 0.1) is 17.0 Å². The fourth-order valence-electron chi connectivity index (χ4n) is 2.80. The van der Waals surface area contributed by atoms with E-state index >= 15 is 4.39 Å². The predicted octanol–water partition coefficient (Wildman–Crippen LogP) is 6.48. The standard InChI is InChI=1S/C16H7F7I2N/c17-14(15(18,19)20,16(21,22)23)13(6-10(24)5-11(25)7-13)12-4-2-1-3-9(12)8-26/h1-7H. The van der Waals surface area contributed by atoms with Crippen LogP contribution in [-0.2, 0) is 5.41 Å². The first-order valence-electron chi connectivity index (χ1n) is 6.73. The van der Waals surface area contributed by atoms with Crippen LogP contribution in [0.25, 0.3) is 0 Å². The normalized spacial score (nSPS) is 18.0. The van der Waals surface area contributed by atoms with E-state index < -0.39 is 34.6 Å². The summed E-state index contributed by atoms with van der Waals surface area (Å²) in [7, 11) is 0. The Bertz CT molecular complexity index is 783. The van der Waals surface area contributed by atoms with Gasteiger partial charge in [-0.05, 0) is 64.0 Å². The number of hydrogen-bond donors (Lipinski definition) is 0. The minimum atomic E-state index is -6.29. The van der Waals surface area contributed by atoms with Crippen molar-refractivity contribution < 1.29 is 30.7 Å². The van der Waals surface area contributed by atoms with Crippen molar-refractivity contribution in [3.05, 3.63) is 61.1 Å². The van der Waals surface area contributed by atoms with Gasteiger partial charge in [-0.1, -0.05) is 30.4 Å². The molecule has 139 valence electrons. The van der Waals surface area contributed by atoms with E-state index in [9.17, 15) is 31.6 Å². The van der Waals surface area contributed by atoms with Crippen molar-refractivity contribution in [3.8, 4) is 6.07 Å². The highest BCUT2D eigenvalue weighted by molar-refractivity contribution is 14.1. The van der Waals surface area contributed by atoms with Gasteiger partial charge in [0.25, 0.3) is 0 Å². The van der Waals surface area contributed by atoms with E-state index in [1.165, 1.54) is 57.7 Å². The van der Waals surface area contributed by atoms with E-state index in [1.807, 2.05) is 0 Å². The van der Waals surface area contributed by atoms with Crippen LogP contribution in [0.5, 0.6) is 0 Å². The lowest BCUT2D eigenvalue weighted by Crippen LogP contribution is -2.65. The predicted molar refractivity (Wildman–Crippen MR) is 97.3 cm³/mol. The van der Waals surface area contributed by atoms with Crippen LogP contribution in [0.15, 0.2) is 43.6 Å². The van der Waals surface area contributed by atoms with Crippen molar-refractivity contribution in [2.45, 2.75) is 23.4 Å². The van der Waals surface area contributed by atoms with E-state index in [-0.39, 0.29) is 7.16 Å². The fraction of sp³-hybridized carbons (Fsp3) is 0.250. The van der Waals surface area contributed by atoms with Gasteiger partial charge < -0.3 is 0 Å². The third kappa shape index (κ3) is 3.25. The van der Waals surface area contributed by atoms with E-state index in [0.29, 0.717) is 12.2 Å². The van der Waals surface area contributed by atoms with E-state index in [4.69, 9.17) is 0 Å². The molecule has 0 unspecified atom stereocenters. The average molecular weight is 600 g/mol. The minimum Gasteiger partial charge on any atom is -0.222 e. The maximum atomic E-state index is 15.2. The van der Waals surface area contributed by atoms with Gasteiger partial charge >= 0.3 is 18.0 Å². The Morgan fingerprint density at radius 3 is 1.73 bits per heavy atom. The summed E-state index contributed by atoms with van der Waals surface area (Å²) in [5.74, 6) is 0. The van der Waals surface area contributed by atoms with Crippen LogP contribution in [0.3, 0.4) is 0 Å². The van der Waals surface area contributed by atoms with E-state index in [1.54, 1.807) is 6.07 Å². The van der Waals surface area contributed by atoms with Crippen molar-refractivity contribution in [2.24, 2.45) is 0 Å². The summed E-state index contributed by atoms with van der Waals surface area (Å²) in [6.45, 7) is 0. The van der Waals surface area contributed by atoms with Crippen LogP contribution in [0.2, 0.25) is 0 Å². The lowest BCUT2D eigenvalue weighted by atomic mass is 9.64. The zero-order valence-electron chi connectivity index (χ0n) is 12.4. The summed E-state index contributed by atoms with van der Waals surface area (Å²) < 4.78 is 96.5. The van der Waals surface area contributed by atoms with Crippen LogP contribution in [0, 0.1) is 17.8 Å². The van der Waals surface area contributed by atoms with Gasteiger partial charge in [-0.15, -0.1) is 0 Å². The molecule has 2 rings (SSSR count). The molecule has 0 saturated carbocycles. The highest BCUT2D eigenvalue weighted by Crippen LogP contribution is 2.60. The molecule has 0 amide bonds. The molecule has 1 aromatic rings. The maximum Gasteiger partial charge on any atom is 0.433 e. The first-order chi connectivity index (χ1) is 11.8. The van der Waals surface area contributed by atoms with E-state index in [2.05, 4.69) is 0 Å². The van der Waals surface area contributed by atoms with Gasteiger partial charge in [-0.25, -0.2) is 4.39 Å². The zero-order valence-corrected chi connectivity index (χ0v) is 16.7. The molecular formula is C16H7F7I2N. The van der Waals surface area contributed by atoms with Crippen LogP contribution < -0.4 is 0 Å². The number of halogens is 9. The number of rotatable bonds is 2. The van der Waals surface area contributed by atoms with Gasteiger partial charge in [-0.3, -0.25) is 0 Å². The summed E-state index contributed by atoms with van der Waals surface area (Å²) >= 11 is 3.04. The summed E-state index contributed by atoms with van der Waals surface area (Å²) in [5, 5.41) is 9.18. The molecule has 1 radical (unpaired) electrons. The summed E-state index contributed by atoms with van der Waals surface area (Å²) in [6, 6.07) is 5.92. The summed E-state index contributed by atoms with van der Waals surface area (Å²) in [4.78, 5) is 0. The highest BCUT2D eigenvalue weighted by Gasteiger charge is 2.81. The highest BCUT2D eigenvalue weighted by atomic mass is 127. The third-order valence-electron chi connectivity index (χ3n) is 3.85. The van der Waals surface area contributed by atoms with Crippen molar-refractivity contribution >= 4 is 45.2 Å². The fourth-order valence-corrected chi connectivity index (χ4v) is 5.05. The number of allylic oxidation sites excluding steroid dienone is 4. The van der Waals surface area contributed by atoms with Crippen LogP contribution >= 0.6 is 45.2 Å². The molecule has 0 atom stereocenters. The topological polar surface area (TPSA) is 23.8 Å². The Kier molecular flexibility index (Phi) is 5.74. The molecule has 10 heteroatoms. The molecule has 1 nitrogen and oxygen atoms in total. The largest absolute Gasteiger partial charge is 0.433 e. The molecule has 26 heavy (non-hydrogen) atoms. The number of benzene rings is 1. The molecule has 0 aliphatic heterocycles. The monoisotopic (exact) mass is 600 g/mol. The number of hydrogen-bond acceptors (Lipinski definition) is 1. The molecule has 1 aliphatic rings. The second-order valence-electron chi connectivity index (χ2n) is 5.38. The van der Waals surface area contributed by atoms with Gasteiger partial charge in [-0.2, -0.15) is 31.6 Å². The van der Waals surface area contributed by atoms with Crippen LogP contribution in [0.1, 0.15) is 11.1 Å². The smallest absolute Gasteiger partial charge is 0.222 e. The Labute approximate surface area is 171 Å². The number of nitriles is 1. The first kappa shape index (κ1) is 21.5. The molecule has 0 aromatic heterocycles. The second-order valence-corrected chi connectivity index (χ2v) is 7.87. The Hall–Kier alpha value is -0.840. The Balaban J connectivity index is 3.05. The van der Waals surface area contributed by atoms with Crippen molar-refractivity contribution in [1.82, 2.24) is 0 Å². The van der Waals surface area contributed by atoms with Crippen molar-refractivity contribution in [3.63, 3.8) is 0 Å². The maximum absolute atomic E-state index is 15.2. The molecule has 0 bridgehead atoms. The van der Waals surface area contributed by atoms with Gasteiger partial charge in [0.1, 0.15) is 0 Å². The van der Waals surface area contributed by atoms with E-state index in [0.717, 1.165) is 18.2 Å². The summed E-state index contributed by atoms with van der Waals surface area (Å²) in [6.07, 6.45) is -10.1. The average Bonchev–Trinajstić information content (AvgIpc) is 2.50. The van der Waals surface area contributed by atoms with Crippen LogP contribution in [0.4, 0.5) is 30.7 Å². The molecule has 0 fully saturated rings. The molecule has 0 heterocycles. The molecule has 0 spiro atoms. The quantitative estimate of drug-likeness (QED) is 0.282. The minimum absolute atomic E-state index is 0.0160. The van der Waals surface area contributed by atoms with Gasteiger partial charge in [0.15, 0.2) is 0 Å². The lowest BCUT2D eigenvalue weighted by Gasteiger charge is -2.45. The first-order valence-corrected chi connectivity index (χ1v) is 8.89. The molecule has 0 saturated heterocycles. The van der Waals surface area contributed by atoms with Gasteiger partial charge in [0, 0.05) is 6.42 Å². The third-order valence-corrected chi connectivity index (χ3v) is 5.10. The van der Waals surface area contributed by atoms with Crippen molar-refractivity contribution in [1.29, 1.82) is 5.26 Å². The SMILES string of the molecule is N#Cc1ccccc1C1(C(F)(C(F)(F)F)C(F)(F)F)C=C(I)[CH]C(I)=C1. The number of alkyl halides is 7. The molecule has 1 aromatic carbocycles. The van der Waals surface area contributed by atoms with Crippen LogP contribution in [-0.4, -0.2) is 18.0 Å². The number of nitrogens with zero attached hydrogens (tertiary/aromatic N) is 1. The van der Waals surface area contributed by atoms with Crippen molar-refractivity contribution in [2.75, 3.05) is 0 Å².